The molecule has 2 aliphatic rings. The molecule has 5 atom stereocenters. The van der Waals surface area contributed by atoms with Crippen LogP contribution in [-0.2, 0) is 14.9 Å². The minimum atomic E-state index is -1.37. The van der Waals surface area contributed by atoms with Crippen molar-refractivity contribution >= 4 is 5.97 Å². The number of methoxy groups -OCH3 is 1. The van der Waals surface area contributed by atoms with Crippen molar-refractivity contribution in [2.75, 3.05) is 7.11 Å². The number of benzene rings is 1. The molecule has 3 rings (SSSR count). The molecule has 7 nitrogen and oxygen atoms in total. The fourth-order valence-corrected chi connectivity index (χ4v) is 4.34. The summed E-state index contributed by atoms with van der Waals surface area (Å²) in [5.41, 5.74) is 0.156. The number of carboxylic acid groups (broad SMARTS) is 1. The van der Waals surface area contributed by atoms with E-state index in [1.807, 2.05) is 0 Å². The Morgan fingerprint density at radius 1 is 1.11 bits per heavy atom. The van der Waals surface area contributed by atoms with Gasteiger partial charge in [-0.05, 0) is 37.5 Å². The number of carbonyl (C=O) groups is 1. The van der Waals surface area contributed by atoms with E-state index in [0.29, 0.717) is 29.7 Å². The zero-order chi connectivity index (χ0) is 19.8. The summed E-state index contributed by atoms with van der Waals surface area (Å²) >= 11 is 0. The van der Waals surface area contributed by atoms with Gasteiger partial charge in [0.1, 0.15) is 30.2 Å². The van der Waals surface area contributed by atoms with Crippen molar-refractivity contribution in [3.63, 3.8) is 0 Å². The molecular formula is C20H28O7. The summed E-state index contributed by atoms with van der Waals surface area (Å²) in [6.07, 6.45) is -1.72. The van der Waals surface area contributed by atoms with Gasteiger partial charge in [0.25, 0.3) is 0 Å². The maximum absolute atomic E-state index is 12.1. The molecule has 150 valence electrons. The Labute approximate surface area is 158 Å². The van der Waals surface area contributed by atoms with Crippen LogP contribution in [0.15, 0.2) is 18.2 Å². The number of hydrogen-bond acceptors (Lipinski definition) is 6. The van der Waals surface area contributed by atoms with Crippen LogP contribution in [0.25, 0.3) is 0 Å². The van der Waals surface area contributed by atoms with Gasteiger partial charge in [-0.2, -0.15) is 0 Å². The Morgan fingerprint density at radius 3 is 2.37 bits per heavy atom. The number of hydrogen-bond donors (Lipinski definition) is 4. The van der Waals surface area contributed by atoms with E-state index in [1.54, 1.807) is 25.1 Å². The largest absolute Gasteiger partial charge is 0.496 e. The number of ether oxygens (including phenoxy) is 2. The Hall–Kier alpha value is -1.67. The smallest absolute Gasteiger partial charge is 0.314 e. The van der Waals surface area contributed by atoms with Crippen molar-refractivity contribution in [3.8, 4) is 5.75 Å². The van der Waals surface area contributed by atoms with Gasteiger partial charge in [-0.15, -0.1) is 0 Å². The lowest BCUT2D eigenvalue weighted by atomic mass is 9.69. The Bertz CT molecular complexity index is 683. The fraction of sp³-hybridized carbons (Fsp3) is 0.650. The second-order valence-corrected chi connectivity index (χ2v) is 7.64. The highest BCUT2D eigenvalue weighted by Crippen LogP contribution is 2.44. The summed E-state index contributed by atoms with van der Waals surface area (Å²) in [7, 11) is 1.48. The molecule has 1 aromatic rings. The minimum absolute atomic E-state index is 0.440. The number of aliphatic hydroxyl groups is 3. The normalized spacial score (nSPS) is 33.4. The molecule has 0 amide bonds. The predicted octanol–water partition coefficient (Wildman–Crippen LogP) is 1.52. The first-order valence-electron chi connectivity index (χ1n) is 9.43. The average molecular weight is 380 g/mol. The number of aliphatic hydroxyl groups excluding tert-OH is 3. The molecule has 0 radical (unpaired) electrons. The zero-order valence-electron chi connectivity index (χ0n) is 15.7. The van der Waals surface area contributed by atoms with Crippen molar-refractivity contribution in [1.82, 2.24) is 0 Å². The maximum atomic E-state index is 12.1. The van der Waals surface area contributed by atoms with Crippen LogP contribution in [-0.4, -0.2) is 57.9 Å². The first kappa shape index (κ1) is 20.1. The first-order chi connectivity index (χ1) is 12.8. The predicted molar refractivity (Wildman–Crippen MR) is 96.7 cm³/mol. The van der Waals surface area contributed by atoms with Crippen LogP contribution in [0.4, 0.5) is 0 Å². The van der Waals surface area contributed by atoms with Crippen LogP contribution in [0, 0.1) is 0 Å². The lowest BCUT2D eigenvalue weighted by Gasteiger charge is -2.40. The van der Waals surface area contributed by atoms with Crippen LogP contribution in [0.2, 0.25) is 0 Å². The highest BCUT2D eigenvalue weighted by atomic mass is 16.5. The molecule has 1 aliphatic carbocycles. The molecule has 0 aromatic heterocycles. The van der Waals surface area contributed by atoms with E-state index < -0.39 is 41.9 Å². The Morgan fingerprint density at radius 2 is 1.78 bits per heavy atom. The standard InChI is InChI=1S/C20H28O7/c1-11-15(21)16(22)17(23)18(27-11)13-10-12(6-7-14(13)26-2)20(19(24)25)8-4-3-5-9-20/h6-7,10-11,15-18,21-23H,3-5,8-9H2,1-2H3,(H,24,25)/t11-,15+,16+,17-,18+/m0/s1. The Kier molecular flexibility index (Phi) is 5.76. The topological polar surface area (TPSA) is 116 Å². The molecule has 2 fully saturated rings. The molecule has 0 spiro atoms. The van der Waals surface area contributed by atoms with Crippen molar-refractivity contribution in [1.29, 1.82) is 0 Å². The maximum Gasteiger partial charge on any atom is 0.314 e. The van der Waals surface area contributed by atoms with Crippen molar-refractivity contribution in [2.24, 2.45) is 0 Å². The third-order valence-electron chi connectivity index (χ3n) is 6.06. The fourth-order valence-electron chi connectivity index (χ4n) is 4.34. The van der Waals surface area contributed by atoms with E-state index >= 15 is 0 Å². The highest BCUT2D eigenvalue weighted by Gasteiger charge is 2.45. The van der Waals surface area contributed by atoms with E-state index in [-0.39, 0.29) is 0 Å². The summed E-state index contributed by atoms with van der Waals surface area (Å²) in [6.45, 7) is 1.61. The van der Waals surface area contributed by atoms with Gasteiger partial charge >= 0.3 is 5.97 Å². The average Bonchev–Trinajstić information content (AvgIpc) is 2.69. The number of rotatable bonds is 4. The molecule has 4 N–H and O–H groups in total. The second kappa shape index (κ2) is 7.75. The quantitative estimate of drug-likeness (QED) is 0.626. The lowest BCUT2D eigenvalue weighted by molar-refractivity contribution is -0.219. The molecule has 1 aromatic carbocycles. The van der Waals surface area contributed by atoms with Crippen LogP contribution in [0.3, 0.4) is 0 Å². The van der Waals surface area contributed by atoms with Crippen LogP contribution in [0.1, 0.15) is 56.3 Å². The van der Waals surface area contributed by atoms with E-state index in [9.17, 15) is 25.2 Å². The summed E-state index contributed by atoms with van der Waals surface area (Å²) in [4.78, 5) is 12.1. The third-order valence-corrected chi connectivity index (χ3v) is 6.06. The van der Waals surface area contributed by atoms with Gasteiger partial charge in [0.15, 0.2) is 0 Å². The van der Waals surface area contributed by atoms with E-state index in [4.69, 9.17) is 9.47 Å². The molecule has 27 heavy (non-hydrogen) atoms. The SMILES string of the molecule is COc1ccc(C2(C(=O)O)CCCCC2)cc1[C@H]1O[C@@H](C)[C@@H](O)[C@@H](O)[C@@H]1O. The summed E-state index contributed by atoms with van der Waals surface area (Å²) in [5, 5.41) is 40.5. The van der Waals surface area contributed by atoms with Gasteiger partial charge in [0.2, 0.25) is 0 Å². The molecule has 1 aliphatic heterocycles. The minimum Gasteiger partial charge on any atom is -0.496 e. The van der Waals surface area contributed by atoms with Crippen LogP contribution < -0.4 is 4.74 Å². The molecule has 0 bridgehead atoms. The zero-order valence-corrected chi connectivity index (χ0v) is 15.7. The molecule has 1 heterocycles. The highest BCUT2D eigenvalue weighted by molar-refractivity contribution is 5.81. The van der Waals surface area contributed by atoms with E-state index in [0.717, 1.165) is 19.3 Å². The molecule has 7 heteroatoms. The summed E-state index contributed by atoms with van der Waals surface area (Å²) in [6, 6.07) is 5.15. The number of carboxylic acids is 1. The van der Waals surface area contributed by atoms with Gasteiger partial charge in [-0.1, -0.05) is 25.3 Å². The van der Waals surface area contributed by atoms with Crippen molar-refractivity contribution < 1.29 is 34.7 Å². The first-order valence-corrected chi connectivity index (χ1v) is 9.43. The lowest BCUT2D eigenvalue weighted by Crippen LogP contribution is -2.53. The molecule has 1 saturated heterocycles. The monoisotopic (exact) mass is 380 g/mol. The number of aliphatic carboxylic acids is 1. The third kappa shape index (κ3) is 3.45. The van der Waals surface area contributed by atoms with Gasteiger partial charge in [0, 0.05) is 5.56 Å². The molecule has 0 unspecified atom stereocenters. The Balaban J connectivity index is 2.05. The summed E-state index contributed by atoms with van der Waals surface area (Å²) < 4.78 is 11.2. The van der Waals surface area contributed by atoms with Crippen LogP contribution in [0.5, 0.6) is 5.75 Å². The van der Waals surface area contributed by atoms with Gasteiger partial charge in [-0.3, -0.25) is 4.79 Å². The van der Waals surface area contributed by atoms with Crippen molar-refractivity contribution in [3.05, 3.63) is 29.3 Å². The van der Waals surface area contributed by atoms with E-state index in [2.05, 4.69) is 0 Å². The van der Waals surface area contributed by atoms with Crippen molar-refractivity contribution in [2.45, 2.75) is 75.0 Å². The van der Waals surface area contributed by atoms with Crippen LogP contribution >= 0.6 is 0 Å². The summed E-state index contributed by atoms with van der Waals surface area (Å²) in [5.74, 6) is -0.415. The van der Waals surface area contributed by atoms with Gasteiger partial charge in [-0.25, -0.2) is 0 Å². The molecule has 1 saturated carbocycles. The second-order valence-electron chi connectivity index (χ2n) is 7.64. The van der Waals surface area contributed by atoms with Gasteiger partial charge < -0.3 is 29.9 Å². The van der Waals surface area contributed by atoms with E-state index in [1.165, 1.54) is 7.11 Å². The van der Waals surface area contributed by atoms with Gasteiger partial charge in [0.05, 0.1) is 18.6 Å². The molecular weight excluding hydrogens is 352 g/mol.